The summed E-state index contributed by atoms with van der Waals surface area (Å²) in [4.78, 5) is 33.2. The van der Waals surface area contributed by atoms with Crippen molar-refractivity contribution in [1.82, 2.24) is 5.32 Å². The first-order chi connectivity index (χ1) is 10.8. The molecule has 1 amide bonds. The third kappa shape index (κ3) is 4.83. The number of nitro groups is 1. The van der Waals surface area contributed by atoms with E-state index < -0.39 is 22.5 Å². The first-order valence-corrected chi connectivity index (χ1v) is 6.70. The van der Waals surface area contributed by atoms with Gasteiger partial charge in [-0.3, -0.25) is 19.7 Å². The van der Waals surface area contributed by atoms with Gasteiger partial charge in [0.05, 0.1) is 25.2 Å². The molecule has 1 unspecified atom stereocenters. The van der Waals surface area contributed by atoms with Gasteiger partial charge in [0.25, 0.3) is 11.6 Å². The van der Waals surface area contributed by atoms with Crippen LogP contribution in [0.2, 0.25) is 0 Å². The Kier molecular flexibility index (Phi) is 6.31. The highest BCUT2D eigenvalue weighted by molar-refractivity contribution is 5.99. The number of hydrogen-bond acceptors (Lipinski definition) is 6. The average molecular weight is 326 g/mol. The second kappa shape index (κ2) is 7.97. The minimum absolute atomic E-state index is 0.0800. The van der Waals surface area contributed by atoms with Crippen molar-refractivity contribution < 1.29 is 29.1 Å². The standard InChI is InChI=1S/C14H18N2O7/c1-8(4-13(17)18)7-15-14(19)9-5-11(22-2)12(23-3)6-10(9)16(20)21/h5-6,8H,4,7H2,1-3H3,(H,15,19)(H,17,18). The van der Waals surface area contributed by atoms with Gasteiger partial charge in [0, 0.05) is 19.0 Å². The van der Waals surface area contributed by atoms with Crippen LogP contribution in [0.15, 0.2) is 12.1 Å². The lowest BCUT2D eigenvalue weighted by molar-refractivity contribution is -0.385. The lowest BCUT2D eigenvalue weighted by Gasteiger charge is -2.12. The van der Waals surface area contributed by atoms with Crippen molar-refractivity contribution in [2.24, 2.45) is 5.92 Å². The van der Waals surface area contributed by atoms with Crippen LogP contribution in [0.3, 0.4) is 0 Å². The molecule has 0 saturated heterocycles. The highest BCUT2D eigenvalue weighted by atomic mass is 16.6. The van der Waals surface area contributed by atoms with Crippen molar-refractivity contribution in [3.8, 4) is 11.5 Å². The van der Waals surface area contributed by atoms with E-state index in [1.54, 1.807) is 6.92 Å². The molecule has 0 bridgehead atoms. The Balaban J connectivity index is 3.02. The number of nitrogens with zero attached hydrogens (tertiary/aromatic N) is 1. The van der Waals surface area contributed by atoms with Crippen LogP contribution < -0.4 is 14.8 Å². The van der Waals surface area contributed by atoms with Gasteiger partial charge in [0.2, 0.25) is 0 Å². The third-order valence-electron chi connectivity index (χ3n) is 3.08. The largest absolute Gasteiger partial charge is 0.493 e. The van der Waals surface area contributed by atoms with Crippen LogP contribution >= 0.6 is 0 Å². The molecule has 0 aromatic heterocycles. The van der Waals surface area contributed by atoms with Crippen molar-refractivity contribution in [1.29, 1.82) is 0 Å². The van der Waals surface area contributed by atoms with Gasteiger partial charge in [0.1, 0.15) is 5.56 Å². The maximum atomic E-state index is 12.2. The fourth-order valence-corrected chi connectivity index (χ4v) is 1.93. The van der Waals surface area contributed by atoms with E-state index in [0.717, 1.165) is 6.07 Å². The van der Waals surface area contributed by atoms with Crippen LogP contribution in [0.25, 0.3) is 0 Å². The third-order valence-corrected chi connectivity index (χ3v) is 3.08. The number of hydrogen-bond donors (Lipinski definition) is 2. The van der Waals surface area contributed by atoms with E-state index in [0.29, 0.717) is 0 Å². The Hall–Kier alpha value is -2.84. The minimum atomic E-state index is -0.983. The van der Waals surface area contributed by atoms with E-state index in [4.69, 9.17) is 14.6 Å². The number of carboxylic acids is 1. The van der Waals surface area contributed by atoms with Crippen molar-refractivity contribution >= 4 is 17.6 Å². The predicted molar refractivity (Wildman–Crippen MR) is 80.0 cm³/mol. The molecule has 23 heavy (non-hydrogen) atoms. The molecule has 2 N–H and O–H groups in total. The van der Waals surface area contributed by atoms with E-state index in [1.807, 2.05) is 0 Å². The van der Waals surface area contributed by atoms with Crippen molar-refractivity contribution in [2.45, 2.75) is 13.3 Å². The summed E-state index contributed by atoms with van der Waals surface area (Å²) >= 11 is 0. The van der Waals surface area contributed by atoms with Crippen LogP contribution in [0.1, 0.15) is 23.7 Å². The number of methoxy groups -OCH3 is 2. The molecule has 126 valence electrons. The number of aliphatic carboxylic acids is 1. The number of ether oxygens (including phenoxy) is 2. The maximum Gasteiger partial charge on any atom is 0.303 e. The smallest absolute Gasteiger partial charge is 0.303 e. The molecule has 9 nitrogen and oxygen atoms in total. The van der Waals surface area contributed by atoms with E-state index >= 15 is 0 Å². The molecular formula is C14H18N2O7. The number of carboxylic acid groups (broad SMARTS) is 1. The molecule has 1 aromatic rings. The van der Waals surface area contributed by atoms with Gasteiger partial charge in [-0.15, -0.1) is 0 Å². The number of rotatable bonds is 8. The number of nitro benzene ring substituents is 1. The van der Waals surface area contributed by atoms with E-state index in [-0.39, 0.29) is 35.9 Å². The highest BCUT2D eigenvalue weighted by Crippen LogP contribution is 2.34. The number of nitrogens with one attached hydrogen (secondary N) is 1. The van der Waals surface area contributed by atoms with Crippen LogP contribution in [0.4, 0.5) is 5.69 Å². The summed E-state index contributed by atoms with van der Waals surface area (Å²) in [7, 11) is 2.68. The summed E-state index contributed by atoms with van der Waals surface area (Å²) in [5, 5.41) is 22.3. The van der Waals surface area contributed by atoms with Gasteiger partial charge < -0.3 is 19.9 Å². The quantitative estimate of drug-likeness (QED) is 0.546. The predicted octanol–water partition coefficient (Wildman–Crippen LogP) is 1.45. The van der Waals surface area contributed by atoms with Gasteiger partial charge in [0.15, 0.2) is 11.5 Å². The van der Waals surface area contributed by atoms with Crippen molar-refractivity contribution in [3.05, 3.63) is 27.8 Å². The molecule has 0 aliphatic carbocycles. The first-order valence-electron chi connectivity index (χ1n) is 6.70. The Labute approximate surface area is 132 Å². The zero-order chi connectivity index (χ0) is 17.6. The second-order valence-electron chi connectivity index (χ2n) is 4.89. The lowest BCUT2D eigenvalue weighted by atomic mass is 10.1. The fraction of sp³-hybridized carbons (Fsp3) is 0.429. The monoisotopic (exact) mass is 326 g/mol. The van der Waals surface area contributed by atoms with E-state index in [2.05, 4.69) is 5.32 Å². The summed E-state index contributed by atoms with van der Waals surface area (Å²) < 4.78 is 10.0. The van der Waals surface area contributed by atoms with Gasteiger partial charge in [-0.05, 0) is 5.92 Å². The Morgan fingerprint density at radius 2 is 1.87 bits per heavy atom. The van der Waals surface area contributed by atoms with Gasteiger partial charge in [-0.1, -0.05) is 6.92 Å². The molecular weight excluding hydrogens is 308 g/mol. The highest BCUT2D eigenvalue weighted by Gasteiger charge is 2.24. The number of carbonyl (C=O) groups is 2. The molecule has 0 radical (unpaired) electrons. The zero-order valence-corrected chi connectivity index (χ0v) is 13.0. The Morgan fingerprint density at radius 1 is 1.30 bits per heavy atom. The molecule has 1 aromatic carbocycles. The molecule has 0 aliphatic rings. The van der Waals surface area contributed by atoms with E-state index in [1.165, 1.54) is 20.3 Å². The van der Waals surface area contributed by atoms with Crippen LogP contribution in [-0.4, -0.2) is 42.7 Å². The molecule has 0 saturated carbocycles. The summed E-state index contributed by atoms with van der Waals surface area (Å²) in [5.74, 6) is -1.66. The Bertz CT molecular complexity index is 615. The molecule has 0 fully saturated rings. The molecule has 0 heterocycles. The van der Waals surface area contributed by atoms with Gasteiger partial charge in [-0.25, -0.2) is 0 Å². The SMILES string of the molecule is COc1cc(C(=O)NCC(C)CC(=O)O)c([N+](=O)[O-])cc1OC. The fourth-order valence-electron chi connectivity index (χ4n) is 1.93. The zero-order valence-electron chi connectivity index (χ0n) is 13.0. The Morgan fingerprint density at radius 3 is 2.35 bits per heavy atom. The normalized spacial score (nSPS) is 11.4. The van der Waals surface area contributed by atoms with Crippen molar-refractivity contribution in [2.75, 3.05) is 20.8 Å². The first kappa shape index (κ1) is 18.2. The number of carbonyl (C=O) groups excluding carboxylic acids is 1. The van der Waals surface area contributed by atoms with Crippen molar-refractivity contribution in [3.63, 3.8) is 0 Å². The topological polar surface area (TPSA) is 128 Å². The summed E-state index contributed by atoms with van der Waals surface area (Å²) in [6.07, 6.45) is -0.117. The number of amides is 1. The summed E-state index contributed by atoms with van der Waals surface area (Å²) in [5.41, 5.74) is -0.610. The number of benzene rings is 1. The van der Waals surface area contributed by atoms with Gasteiger partial charge >= 0.3 is 5.97 Å². The van der Waals surface area contributed by atoms with E-state index in [9.17, 15) is 19.7 Å². The van der Waals surface area contributed by atoms with Gasteiger partial charge in [-0.2, -0.15) is 0 Å². The second-order valence-corrected chi connectivity index (χ2v) is 4.89. The van der Waals surface area contributed by atoms with Crippen LogP contribution in [0, 0.1) is 16.0 Å². The maximum absolute atomic E-state index is 12.2. The lowest BCUT2D eigenvalue weighted by Crippen LogP contribution is -2.29. The molecule has 1 atom stereocenters. The molecule has 0 aliphatic heterocycles. The van der Waals surface area contributed by atoms with Crippen LogP contribution in [0.5, 0.6) is 11.5 Å². The minimum Gasteiger partial charge on any atom is -0.493 e. The van der Waals surface area contributed by atoms with Crippen LogP contribution in [-0.2, 0) is 4.79 Å². The molecule has 9 heteroatoms. The summed E-state index contributed by atoms with van der Waals surface area (Å²) in [6, 6.07) is 2.32. The average Bonchev–Trinajstić information content (AvgIpc) is 2.50. The molecule has 1 rings (SSSR count). The molecule has 0 spiro atoms. The summed E-state index contributed by atoms with van der Waals surface area (Å²) in [6.45, 7) is 1.73.